The van der Waals surface area contributed by atoms with Crippen LogP contribution in [0.25, 0.3) is 0 Å². The van der Waals surface area contributed by atoms with E-state index in [1.807, 2.05) is 31.2 Å². The van der Waals surface area contributed by atoms with Crippen LogP contribution in [0.4, 0.5) is 0 Å². The van der Waals surface area contributed by atoms with E-state index in [1.54, 1.807) is 19.2 Å². The molecule has 0 spiro atoms. The van der Waals surface area contributed by atoms with Crippen molar-refractivity contribution in [2.45, 2.75) is 19.4 Å². The van der Waals surface area contributed by atoms with Crippen LogP contribution in [0.5, 0.6) is 5.75 Å². The number of rotatable bonds is 6. The molecule has 0 fully saturated rings. The predicted molar refractivity (Wildman–Crippen MR) is 89.2 cm³/mol. The van der Waals surface area contributed by atoms with Crippen LogP contribution in [-0.2, 0) is 4.74 Å². The zero-order valence-corrected chi connectivity index (χ0v) is 14.1. The van der Waals surface area contributed by atoms with Crippen LogP contribution < -0.4 is 10.1 Å². The van der Waals surface area contributed by atoms with E-state index in [0.717, 1.165) is 29.1 Å². The lowest BCUT2D eigenvalue weighted by molar-refractivity contribution is 0.0606. The molecular formula is C17H19NO4S. The molecule has 1 heterocycles. The molecule has 0 radical (unpaired) electrons. The third-order valence-electron chi connectivity index (χ3n) is 3.45. The third-order valence-corrected chi connectivity index (χ3v) is 4.51. The zero-order valence-electron chi connectivity index (χ0n) is 13.3. The quantitative estimate of drug-likeness (QED) is 0.823. The average Bonchev–Trinajstić information content (AvgIpc) is 3.09. The van der Waals surface area contributed by atoms with Crippen LogP contribution in [0, 0.1) is 0 Å². The van der Waals surface area contributed by atoms with Crippen molar-refractivity contribution in [3.63, 3.8) is 0 Å². The van der Waals surface area contributed by atoms with Gasteiger partial charge in [-0.2, -0.15) is 0 Å². The minimum Gasteiger partial charge on any atom is -0.497 e. The van der Waals surface area contributed by atoms with Gasteiger partial charge in [0.2, 0.25) is 0 Å². The molecule has 1 N–H and O–H groups in total. The Morgan fingerprint density at radius 2 is 1.74 bits per heavy atom. The van der Waals surface area contributed by atoms with Gasteiger partial charge in [-0.05, 0) is 36.2 Å². The molecule has 23 heavy (non-hydrogen) atoms. The summed E-state index contributed by atoms with van der Waals surface area (Å²) in [6.07, 6.45) is 0.757. The number of benzene rings is 1. The maximum Gasteiger partial charge on any atom is 0.348 e. The Bertz CT molecular complexity index is 678. The molecule has 0 saturated heterocycles. The molecule has 122 valence electrons. The van der Waals surface area contributed by atoms with E-state index >= 15 is 0 Å². The number of carbonyl (C=O) groups is 2. The summed E-state index contributed by atoms with van der Waals surface area (Å²) >= 11 is 1.12. The summed E-state index contributed by atoms with van der Waals surface area (Å²) in [4.78, 5) is 24.7. The van der Waals surface area contributed by atoms with Crippen LogP contribution >= 0.6 is 11.3 Å². The fourth-order valence-corrected chi connectivity index (χ4v) is 2.98. The molecule has 1 amide bonds. The molecule has 6 heteroatoms. The van der Waals surface area contributed by atoms with E-state index in [2.05, 4.69) is 10.1 Å². The van der Waals surface area contributed by atoms with E-state index < -0.39 is 5.97 Å². The number of nitrogens with one attached hydrogen (secondary N) is 1. The van der Waals surface area contributed by atoms with Crippen molar-refractivity contribution < 1.29 is 19.1 Å². The fourth-order valence-electron chi connectivity index (χ4n) is 2.16. The fraction of sp³-hybridized carbons (Fsp3) is 0.294. The van der Waals surface area contributed by atoms with Crippen LogP contribution in [0.2, 0.25) is 0 Å². The normalized spacial score (nSPS) is 11.6. The van der Waals surface area contributed by atoms with Crippen molar-refractivity contribution in [2.75, 3.05) is 14.2 Å². The number of carbonyl (C=O) groups excluding carboxylic acids is 2. The molecule has 2 rings (SSSR count). The summed E-state index contributed by atoms with van der Waals surface area (Å²) in [7, 11) is 2.93. The Hall–Kier alpha value is -2.34. The number of esters is 1. The van der Waals surface area contributed by atoms with Gasteiger partial charge in [-0.3, -0.25) is 4.79 Å². The van der Waals surface area contributed by atoms with E-state index in [-0.39, 0.29) is 11.9 Å². The number of amides is 1. The van der Waals surface area contributed by atoms with Gasteiger partial charge in [-0.1, -0.05) is 19.1 Å². The number of methoxy groups -OCH3 is 2. The highest BCUT2D eigenvalue weighted by atomic mass is 32.1. The maximum atomic E-state index is 12.4. The van der Waals surface area contributed by atoms with Crippen LogP contribution in [0.15, 0.2) is 36.4 Å². The van der Waals surface area contributed by atoms with E-state index in [1.165, 1.54) is 7.11 Å². The van der Waals surface area contributed by atoms with Crippen LogP contribution in [0.1, 0.15) is 44.3 Å². The highest BCUT2D eigenvalue weighted by Crippen LogP contribution is 2.22. The first kappa shape index (κ1) is 17.0. The van der Waals surface area contributed by atoms with Crippen molar-refractivity contribution >= 4 is 23.2 Å². The van der Waals surface area contributed by atoms with Crippen LogP contribution in [-0.4, -0.2) is 26.1 Å². The lowest BCUT2D eigenvalue weighted by atomic mass is 10.0. The maximum absolute atomic E-state index is 12.4. The summed E-state index contributed by atoms with van der Waals surface area (Å²) in [6, 6.07) is 10.7. The van der Waals surface area contributed by atoms with Gasteiger partial charge in [0.05, 0.1) is 25.1 Å². The summed E-state index contributed by atoms with van der Waals surface area (Å²) < 4.78 is 9.79. The number of hydrogen-bond acceptors (Lipinski definition) is 5. The van der Waals surface area contributed by atoms with Crippen LogP contribution in [0.3, 0.4) is 0 Å². The van der Waals surface area contributed by atoms with Gasteiger partial charge < -0.3 is 14.8 Å². The van der Waals surface area contributed by atoms with Gasteiger partial charge in [0.15, 0.2) is 0 Å². The van der Waals surface area contributed by atoms with Gasteiger partial charge in [0.25, 0.3) is 5.91 Å². The average molecular weight is 333 g/mol. The first-order valence-corrected chi connectivity index (χ1v) is 8.03. The summed E-state index contributed by atoms with van der Waals surface area (Å²) in [6.45, 7) is 2.00. The van der Waals surface area contributed by atoms with E-state index in [0.29, 0.717) is 9.75 Å². The first-order chi connectivity index (χ1) is 11.1. The molecule has 0 aliphatic rings. The SMILES string of the molecule is CCC(NC(=O)c1ccc(C(=O)OC)s1)c1ccc(OC)cc1. The van der Waals surface area contributed by atoms with E-state index in [9.17, 15) is 9.59 Å². The van der Waals surface area contributed by atoms with Crippen molar-refractivity contribution in [3.8, 4) is 5.75 Å². The smallest absolute Gasteiger partial charge is 0.348 e. The highest BCUT2D eigenvalue weighted by molar-refractivity contribution is 7.15. The Morgan fingerprint density at radius 3 is 2.30 bits per heavy atom. The van der Waals surface area contributed by atoms with Gasteiger partial charge in [0.1, 0.15) is 10.6 Å². The van der Waals surface area contributed by atoms with Crippen molar-refractivity contribution in [1.29, 1.82) is 0 Å². The second-order valence-corrected chi connectivity index (χ2v) is 5.95. The zero-order chi connectivity index (χ0) is 16.8. The summed E-state index contributed by atoms with van der Waals surface area (Å²) in [5.74, 6) is 0.139. The number of thiophene rings is 1. The summed E-state index contributed by atoms with van der Waals surface area (Å²) in [5.41, 5.74) is 1.01. The standard InChI is InChI=1S/C17H19NO4S/c1-4-13(11-5-7-12(21-2)8-6-11)18-16(19)14-9-10-15(23-14)17(20)22-3/h5-10,13H,4H2,1-3H3,(H,18,19). The van der Waals surface area contributed by atoms with E-state index in [4.69, 9.17) is 4.74 Å². The molecule has 1 aromatic carbocycles. The topological polar surface area (TPSA) is 64.6 Å². The van der Waals surface area contributed by atoms with Gasteiger partial charge in [-0.25, -0.2) is 4.79 Å². The molecule has 1 aromatic heterocycles. The Balaban J connectivity index is 2.09. The molecule has 1 atom stereocenters. The number of hydrogen-bond donors (Lipinski definition) is 1. The third kappa shape index (κ3) is 4.10. The monoisotopic (exact) mass is 333 g/mol. The van der Waals surface area contributed by atoms with Gasteiger partial charge in [-0.15, -0.1) is 11.3 Å². The molecule has 1 unspecified atom stereocenters. The van der Waals surface area contributed by atoms with Gasteiger partial charge in [0, 0.05) is 0 Å². The molecule has 0 bridgehead atoms. The first-order valence-electron chi connectivity index (χ1n) is 7.22. The molecule has 0 aliphatic carbocycles. The Kier molecular flexibility index (Phi) is 5.76. The predicted octanol–water partition coefficient (Wildman–Crippen LogP) is 3.42. The molecular weight excluding hydrogens is 314 g/mol. The molecule has 5 nitrogen and oxygen atoms in total. The lowest BCUT2D eigenvalue weighted by Gasteiger charge is -2.17. The molecule has 0 saturated carbocycles. The highest BCUT2D eigenvalue weighted by Gasteiger charge is 2.17. The largest absolute Gasteiger partial charge is 0.497 e. The Morgan fingerprint density at radius 1 is 1.09 bits per heavy atom. The minimum atomic E-state index is -0.434. The summed E-state index contributed by atoms with van der Waals surface area (Å²) in [5, 5.41) is 2.99. The number of ether oxygens (including phenoxy) is 2. The van der Waals surface area contributed by atoms with Crippen molar-refractivity contribution in [3.05, 3.63) is 51.7 Å². The molecule has 0 aliphatic heterocycles. The second-order valence-electron chi connectivity index (χ2n) is 4.86. The lowest BCUT2D eigenvalue weighted by Crippen LogP contribution is -2.27. The molecule has 2 aromatic rings. The van der Waals surface area contributed by atoms with Gasteiger partial charge >= 0.3 is 5.97 Å². The second kappa shape index (κ2) is 7.78. The minimum absolute atomic E-state index is 0.0999. The van der Waals surface area contributed by atoms with Crippen molar-refractivity contribution in [1.82, 2.24) is 5.32 Å². The van der Waals surface area contributed by atoms with Crippen molar-refractivity contribution in [2.24, 2.45) is 0 Å². The Labute approximate surface area is 139 Å².